The highest BCUT2D eigenvalue weighted by Gasteiger charge is 2.21. The van der Waals surface area contributed by atoms with Gasteiger partial charge >= 0.3 is 0 Å². The van der Waals surface area contributed by atoms with Gasteiger partial charge in [-0.3, -0.25) is 0 Å². The molecule has 1 heterocycles. The lowest BCUT2D eigenvalue weighted by Gasteiger charge is -2.34. The van der Waals surface area contributed by atoms with Crippen LogP contribution in [0.1, 0.15) is 38.7 Å². The van der Waals surface area contributed by atoms with Crippen LogP contribution < -0.4 is 5.32 Å². The number of nitrogens with one attached hydrogen (secondary N) is 1. The van der Waals surface area contributed by atoms with Gasteiger partial charge in [-0.15, -0.1) is 0 Å². The van der Waals surface area contributed by atoms with Gasteiger partial charge in [-0.05, 0) is 69.8 Å². The van der Waals surface area contributed by atoms with Crippen LogP contribution in [-0.4, -0.2) is 37.1 Å². The molecule has 1 atom stereocenters. The Bertz CT molecular complexity index is 415. The lowest BCUT2D eigenvalue weighted by Crippen LogP contribution is -2.41. The molecule has 0 aromatic heterocycles. The maximum atomic E-state index is 13.8. The van der Waals surface area contributed by atoms with E-state index in [1.807, 2.05) is 12.1 Å². The minimum Gasteiger partial charge on any atom is -0.317 e. The molecule has 2 nitrogen and oxygen atoms in total. The van der Waals surface area contributed by atoms with Crippen LogP contribution in [0.3, 0.4) is 0 Å². The quantitative estimate of drug-likeness (QED) is 0.828. The minimum absolute atomic E-state index is 0.0670. The van der Waals surface area contributed by atoms with E-state index in [4.69, 9.17) is 0 Å². The van der Waals surface area contributed by atoms with Crippen molar-refractivity contribution in [1.29, 1.82) is 0 Å². The SMILES string of the molecule is CCCN(CC1CCNCC1)C(C)Cc1ccccc1F. The largest absolute Gasteiger partial charge is 0.317 e. The third-order valence-electron chi connectivity index (χ3n) is 4.56. The summed E-state index contributed by atoms with van der Waals surface area (Å²) >= 11 is 0. The lowest BCUT2D eigenvalue weighted by molar-refractivity contribution is 0.159. The number of rotatable bonds is 7. The monoisotopic (exact) mass is 292 g/mol. The van der Waals surface area contributed by atoms with Gasteiger partial charge in [-0.1, -0.05) is 25.1 Å². The van der Waals surface area contributed by atoms with E-state index < -0.39 is 0 Å². The first-order valence-electron chi connectivity index (χ1n) is 8.39. The third-order valence-corrected chi connectivity index (χ3v) is 4.56. The van der Waals surface area contributed by atoms with Gasteiger partial charge in [0.1, 0.15) is 5.82 Å². The zero-order chi connectivity index (χ0) is 15.1. The molecule has 0 saturated carbocycles. The highest BCUT2D eigenvalue weighted by atomic mass is 19.1. The molecule has 0 spiro atoms. The summed E-state index contributed by atoms with van der Waals surface area (Å²) in [6.07, 6.45) is 4.50. The molecule has 3 heteroatoms. The minimum atomic E-state index is -0.0670. The van der Waals surface area contributed by atoms with E-state index >= 15 is 0 Å². The molecule has 0 amide bonds. The molecule has 0 radical (unpaired) electrons. The maximum Gasteiger partial charge on any atom is 0.126 e. The van der Waals surface area contributed by atoms with E-state index in [0.29, 0.717) is 6.04 Å². The highest BCUT2D eigenvalue weighted by molar-refractivity contribution is 5.18. The molecule has 1 fully saturated rings. The van der Waals surface area contributed by atoms with Crippen LogP contribution in [0.2, 0.25) is 0 Å². The molecule has 1 saturated heterocycles. The van der Waals surface area contributed by atoms with Crippen LogP contribution in [0.25, 0.3) is 0 Å². The Labute approximate surface area is 128 Å². The van der Waals surface area contributed by atoms with E-state index in [0.717, 1.165) is 50.5 Å². The van der Waals surface area contributed by atoms with Crippen LogP contribution in [0.4, 0.5) is 4.39 Å². The topological polar surface area (TPSA) is 15.3 Å². The fourth-order valence-electron chi connectivity index (χ4n) is 3.29. The molecule has 0 aliphatic carbocycles. The number of hydrogen-bond donors (Lipinski definition) is 1. The summed E-state index contributed by atoms with van der Waals surface area (Å²) in [4.78, 5) is 2.56. The summed E-state index contributed by atoms with van der Waals surface area (Å²) < 4.78 is 13.8. The van der Waals surface area contributed by atoms with Crippen LogP contribution in [0.15, 0.2) is 24.3 Å². The van der Waals surface area contributed by atoms with E-state index in [1.165, 1.54) is 12.8 Å². The molecule has 1 N–H and O–H groups in total. The first-order valence-corrected chi connectivity index (χ1v) is 8.39. The smallest absolute Gasteiger partial charge is 0.126 e. The van der Waals surface area contributed by atoms with Gasteiger partial charge in [-0.2, -0.15) is 0 Å². The van der Waals surface area contributed by atoms with Crippen molar-refractivity contribution in [2.75, 3.05) is 26.2 Å². The molecule has 0 bridgehead atoms. The molecular weight excluding hydrogens is 263 g/mol. The second-order valence-corrected chi connectivity index (χ2v) is 6.33. The molecule has 118 valence electrons. The lowest BCUT2D eigenvalue weighted by atomic mass is 9.96. The molecule has 2 rings (SSSR count). The van der Waals surface area contributed by atoms with Crippen molar-refractivity contribution in [3.05, 3.63) is 35.6 Å². The average Bonchev–Trinajstić information content (AvgIpc) is 2.50. The Morgan fingerprint density at radius 1 is 1.29 bits per heavy atom. The summed E-state index contributed by atoms with van der Waals surface area (Å²) in [7, 11) is 0. The summed E-state index contributed by atoms with van der Waals surface area (Å²) in [5.41, 5.74) is 0.844. The molecule has 1 aliphatic rings. The number of hydrogen-bond acceptors (Lipinski definition) is 2. The normalized spacial score (nSPS) is 18.1. The fourth-order valence-corrected chi connectivity index (χ4v) is 3.29. The molecular formula is C18H29FN2. The van der Waals surface area contributed by atoms with Crippen LogP contribution >= 0.6 is 0 Å². The van der Waals surface area contributed by atoms with Gasteiger partial charge in [0.2, 0.25) is 0 Å². The zero-order valence-electron chi connectivity index (χ0n) is 13.4. The number of nitrogens with zero attached hydrogens (tertiary/aromatic N) is 1. The highest BCUT2D eigenvalue weighted by Crippen LogP contribution is 2.18. The van der Waals surface area contributed by atoms with Crippen molar-refractivity contribution >= 4 is 0 Å². The Morgan fingerprint density at radius 2 is 2.00 bits per heavy atom. The van der Waals surface area contributed by atoms with Crippen molar-refractivity contribution in [3.8, 4) is 0 Å². The first-order chi connectivity index (χ1) is 10.2. The van der Waals surface area contributed by atoms with Crippen molar-refractivity contribution in [2.45, 2.75) is 45.6 Å². The molecule has 1 unspecified atom stereocenters. The van der Waals surface area contributed by atoms with Crippen molar-refractivity contribution < 1.29 is 4.39 Å². The standard InChI is InChI=1S/C18H29FN2/c1-3-12-21(14-16-8-10-20-11-9-16)15(2)13-17-6-4-5-7-18(17)19/h4-7,15-16,20H,3,8-14H2,1-2H3. The predicted molar refractivity (Wildman–Crippen MR) is 87.0 cm³/mol. The Hall–Kier alpha value is -0.930. The summed E-state index contributed by atoms with van der Waals surface area (Å²) in [6, 6.07) is 7.58. The van der Waals surface area contributed by atoms with Crippen LogP contribution in [-0.2, 0) is 6.42 Å². The van der Waals surface area contributed by atoms with Gasteiger partial charge in [0.15, 0.2) is 0 Å². The molecule has 1 aliphatic heterocycles. The van der Waals surface area contributed by atoms with Crippen molar-refractivity contribution in [2.24, 2.45) is 5.92 Å². The van der Waals surface area contributed by atoms with E-state index in [1.54, 1.807) is 12.1 Å². The van der Waals surface area contributed by atoms with E-state index in [2.05, 4.69) is 24.1 Å². The molecule has 1 aromatic carbocycles. The summed E-state index contributed by atoms with van der Waals surface area (Å²) in [5.74, 6) is 0.725. The number of benzene rings is 1. The van der Waals surface area contributed by atoms with Gasteiger partial charge in [0.25, 0.3) is 0 Å². The Morgan fingerprint density at radius 3 is 2.67 bits per heavy atom. The maximum absolute atomic E-state index is 13.8. The summed E-state index contributed by atoms with van der Waals surface area (Å²) in [6.45, 7) is 9.03. The fraction of sp³-hybridized carbons (Fsp3) is 0.667. The van der Waals surface area contributed by atoms with Gasteiger partial charge in [0, 0.05) is 12.6 Å². The summed E-state index contributed by atoms with van der Waals surface area (Å²) in [5, 5.41) is 3.43. The predicted octanol–water partition coefficient (Wildman–Crippen LogP) is 3.47. The zero-order valence-corrected chi connectivity index (χ0v) is 13.4. The van der Waals surface area contributed by atoms with Crippen molar-refractivity contribution in [1.82, 2.24) is 10.2 Å². The third kappa shape index (κ3) is 5.08. The van der Waals surface area contributed by atoms with Gasteiger partial charge in [0.05, 0.1) is 0 Å². The second kappa shape index (κ2) is 8.50. The van der Waals surface area contributed by atoms with Gasteiger partial charge < -0.3 is 10.2 Å². The second-order valence-electron chi connectivity index (χ2n) is 6.33. The van der Waals surface area contributed by atoms with Gasteiger partial charge in [-0.25, -0.2) is 4.39 Å². The number of piperidine rings is 1. The van der Waals surface area contributed by atoms with E-state index in [-0.39, 0.29) is 5.82 Å². The van der Waals surface area contributed by atoms with Crippen LogP contribution in [0.5, 0.6) is 0 Å². The number of halogens is 1. The molecule has 1 aromatic rings. The Kier molecular flexibility index (Phi) is 6.65. The van der Waals surface area contributed by atoms with Crippen LogP contribution in [0, 0.1) is 11.7 Å². The molecule has 21 heavy (non-hydrogen) atoms. The van der Waals surface area contributed by atoms with Crippen molar-refractivity contribution in [3.63, 3.8) is 0 Å². The first kappa shape index (κ1) is 16.4. The average molecular weight is 292 g/mol. The Balaban J connectivity index is 1.94. The van der Waals surface area contributed by atoms with E-state index in [9.17, 15) is 4.39 Å².